The molecular weight excluding hydrogens is 454 g/mol. The van der Waals surface area contributed by atoms with Crippen molar-refractivity contribution in [2.45, 2.75) is 68.8 Å². The number of halogens is 1. The molecular formula is C22H28ClN3O3S2. The third-order valence-corrected chi connectivity index (χ3v) is 9.18. The second kappa shape index (κ2) is 9.98. The first-order chi connectivity index (χ1) is 14.9. The van der Waals surface area contributed by atoms with E-state index in [9.17, 15) is 13.2 Å². The molecule has 2 aromatic rings. The number of benzene rings is 1. The average molecular weight is 482 g/mol. The minimum Gasteiger partial charge on any atom is -0.348 e. The summed E-state index contributed by atoms with van der Waals surface area (Å²) in [5.41, 5.74) is 0. The first-order valence-corrected chi connectivity index (χ1v) is 13.6. The summed E-state index contributed by atoms with van der Waals surface area (Å²) in [4.78, 5) is 20.7. The van der Waals surface area contributed by atoms with Crippen molar-refractivity contribution in [2.24, 2.45) is 0 Å². The fourth-order valence-corrected chi connectivity index (χ4v) is 7.09. The van der Waals surface area contributed by atoms with Gasteiger partial charge in [-0.3, -0.25) is 4.79 Å². The molecule has 1 saturated carbocycles. The molecule has 1 saturated heterocycles. The summed E-state index contributed by atoms with van der Waals surface area (Å²) in [6.07, 6.45) is 8.94. The molecule has 168 valence electrons. The van der Waals surface area contributed by atoms with Crippen molar-refractivity contribution in [1.82, 2.24) is 9.29 Å². The molecule has 31 heavy (non-hydrogen) atoms. The van der Waals surface area contributed by atoms with Crippen LogP contribution >= 0.6 is 22.9 Å². The number of aromatic nitrogens is 1. The quantitative estimate of drug-likeness (QED) is 0.550. The van der Waals surface area contributed by atoms with Gasteiger partial charge in [-0.15, -0.1) is 11.3 Å². The number of carbonyl (C=O) groups is 1. The van der Waals surface area contributed by atoms with Crippen molar-refractivity contribution >= 4 is 43.9 Å². The molecule has 1 aliphatic heterocycles. The zero-order chi connectivity index (χ0) is 21.8. The summed E-state index contributed by atoms with van der Waals surface area (Å²) in [6, 6.07) is 5.53. The summed E-state index contributed by atoms with van der Waals surface area (Å²) in [5.74, 6) is 0.0100. The Bertz CT molecular complexity index is 1000. The van der Waals surface area contributed by atoms with Gasteiger partial charge in [0.25, 0.3) is 0 Å². The van der Waals surface area contributed by atoms with Gasteiger partial charge in [0.15, 0.2) is 10.9 Å². The average Bonchev–Trinajstić information content (AvgIpc) is 3.14. The first kappa shape index (κ1) is 22.7. The minimum atomic E-state index is -3.86. The number of hydrogen-bond donors (Lipinski definition) is 0. The normalized spacial score (nSPS) is 20.8. The number of thiazole rings is 1. The maximum absolute atomic E-state index is 13.6. The zero-order valence-electron chi connectivity index (χ0n) is 17.5. The highest BCUT2D eigenvalue weighted by molar-refractivity contribution is 7.89. The molecule has 9 heteroatoms. The monoisotopic (exact) mass is 481 g/mol. The number of carbonyl (C=O) groups excluding carboxylic acids is 1. The molecule has 1 aromatic carbocycles. The van der Waals surface area contributed by atoms with Gasteiger partial charge in [-0.25, -0.2) is 13.4 Å². The molecule has 6 nitrogen and oxygen atoms in total. The second-order valence-electron chi connectivity index (χ2n) is 8.24. The maximum Gasteiger partial charge on any atom is 0.244 e. The number of sulfonamides is 1. The van der Waals surface area contributed by atoms with E-state index < -0.39 is 16.1 Å². The van der Waals surface area contributed by atoms with Crippen LogP contribution in [0.15, 0.2) is 35.4 Å². The topological polar surface area (TPSA) is 70.6 Å². The van der Waals surface area contributed by atoms with Crippen LogP contribution in [-0.4, -0.2) is 42.6 Å². The molecule has 2 aliphatic rings. The Morgan fingerprint density at radius 2 is 1.77 bits per heavy atom. The van der Waals surface area contributed by atoms with E-state index in [1.807, 2.05) is 0 Å². The van der Waals surface area contributed by atoms with E-state index in [1.54, 1.807) is 18.3 Å². The van der Waals surface area contributed by atoms with E-state index >= 15 is 0 Å². The number of nitrogens with zero attached hydrogens (tertiary/aromatic N) is 3. The molecule has 0 bridgehead atoms. The number of rotatable bonds is 6. The highest BCUT2D eigenvalue weighted by Crippen LogP contribution is 2.31. The van der Waals surface area contributed by atoms with Crippen molar-refractivity contribution in [1.29, 1.82) is 0 Å². The van der Waals surface area contributed by atoms with Crippen LogP contribution in [0.1, 0.15) is 56.2 Å². The SMILES string of the molecule is O=C1CCCCCC1N(Cc1cnc(N2CCCCC2)s1)S(=O)(=O)c1ccc(Cl)cc1. The fourth-order valence-electron chi connectivity index (χ4n) is 4.31. The van der Waals surface area contributed by atoms with Gasteiger partial charge in [-0.2, -0.15) is 4.31 Å². The predicted octanol–water partition coefficient (Wildman–Crippen LogP) is 4.88. The molecule has 1 aromatic heterocycles. The van der Waals surface area contributed by atoms with Crippen LogP contribution in [0.25, 0.3) is 0 Å². The Balaban J connectivity index is 1.64. The molecule has 2 fully saturated rings. The van der Waals surface area contributed by atoms with Crippen molar-refractivity contribution < 1.29 is 13.2 Å². The van der Waals surface area contributed by atoms with Gasteiger partial charge in [0, 0.05) is 35.6 Å². The zero-order valence-corrected chi connectivity index (χ0v) is 19.9. The number of piperidine rings is 1. The van der Waals surface area contributed by atoms with Crippen molar-refractivity contribution in [3.63, 3.8) is 0 Å². The van der Waals surface area contributed by atoms with Gasteiger partial charge in [0.2, 0.25) is 10.0 Å². The van der Waals surface area contributed by atoms with Crippen LogP contribution in [0.3, 0.4) is 0 Å². The maximum atomic E-state index is 13.6. The van der Waals surface area contributed by atoms with E-state index in [0.29, 0.717) is 17.9 Å². The second-order valence-corrected chi connectivity index (χ2v) is 11.7. The summed E-state index contributed by atoms with van der Waals surface area (Å²) < 4.78 is 28.6. The number of anilines is 1. The van der Waals surface area contributed by atoms with Crippen LogP contribution in [-0.2, 0) is 21.4 Å². The summed E-state index contributed by atoms with van der Waals surface area (Å²) in [7, 11) is -3.86. The van der Waals surface area contributed by atoms with Crippen LogP contribution in [0.5, 0.6) is 0 Å². The van der Waals surface area contributed by atoms with Crippen molar-refractivity contribution in [2.75, 3.05) is 18.0 Å². The van der Waals surface area contributed by atoms with E-state index in [2.05, 4.69) is 9.88 Å². The Hall–Kier alpha value is -1.48. The largest absolute Gasteiger partial charge is 0.348 e. The van der Waals surface area contributed by atoms with Gasteiger partial charge in [0.05, 0.1) is 17.5 Å². The predicted molar refractivity (Wildman–Crippen MR) is 124 cm³/mol. The van der Waals surface area contributed by atoms with Crippen molar-refractivity contribution in [3.8, 4) is 0 Å². The minimum absolute atomic E-state index is 0.0100. The van der Waals surface area contributed by atoms with Crippen molar-refractivity contribution in [3.05, 3.63) is 40.4 Å². The van der Waals surface area contributed by atoms with E-state index in [1.165, 1.54) is 34.2 Å². The highest BCUT2D eigenvalue weighted by Gasteiger charge is 2.36. The summed E-state index contributed by atoms with van der Waals surface area (Å²) >= 11 is 7.50. The molecule has 1 atom stereocenters. The molecule has 1 unspecified atom stereocenters. The Morgan fingerprint density at radius 3 is 2.52 bits per heavy atom. The lowest BCUT2D eigenvalue weighted by Crippen LogP contribution is -2.44. The van der Waals surface area contributed by atoms with Crippen LogP contribution in [0, 0.1) is 0 Å². The van der Waals surface area contributed by atoms with Gasteiger partial charge in [0.1, 0.15) is 0 Å². The Morgan fingerprint density at radius 1 is 1.06 bits per heavy atom. The van der Waals surface area contributed by atoms with Crippen LogP contribution in [0.2, 0.25) is 5.02 Å². The summed E-state index contributed by atoms with van der Waals surface area (Å²) in [6.45, 7) is 2.13. The van der Waals surface area contributed by atoms with E-state index in [-0.39, 0.29) is 17.2 Å². The lowest BCUT2D eigenvalue weighted by atomic mass is 10.1. The third kappa shape index (κ3) is 5.30. The van der Waals surface area contributed by atoms with E-state index in [4.69, 9.17) is 11.6 Å². The smallest absolute Gasteiger partial charge is 0.244 e. The highest BCUT2D eigenvalue weighted by atomic mass is 35.5. The number of hydrogen-bond acceptors (Lipinski definition) is 6. The molecule has 2 heterocycles. The van der Waals surface area contributed by atoms with Gasteiger partial charge < -0.3 is 4.90 Å². The standard InChI is InChI=1S/C22H28ClN3O3S2/c23-17-9-11-19(12-10-17)31(28,29)26(20-7-3-1-4-8-21(20)27)16-18-15-24-22(30-18)25-13-5-2-6-14-25/h9-12,15,20H,1-8,13-14,16H2. The lowest BCUT2D eigenvalue weighted by Gasteiger charge is -2.29. The first-order valence-electron chi connectivity index (χ1n) is 10.9. The molecule has 0 radical (unpaired) electrons. The van der Waals surface area contributed by atoms with Gasteiger partial charge >= 0.3 is 0 Å². The Kier molecular flexibility index (Phi) is 7.31. The molecule has 0 spiro atoms. The van der Waals surface area contributed by atoms with Gasteiger partial charge in [-0.1, -0.05) is 24.4 Å². The third-order valence-electron chi connectivity index (χ3n) is 6.02. The molecule has 4 rings (SSSR count). The lowest BCUT2D eigenvalue weighted by molar-refractivity contribution is -0.122. The number of ketones is 1. The fraction of sp³-hybridized carbons (Fsp3) is 0.545. The number of Topliss-reactive ketones (excluding diaryl/α,β-unsaturated/α-hetero) is 1. The van der Waals surface area contributed by atoms with Crippen LogP contribution in [0.4, 0.5) is 5.13 Å². The van der Waals surface area contributed by atoms with E-state index in [0.717, 1.165) is 55.2 Å². The summed E-state index contributed by atoms with van der Waals surface area (Å²) in [5, 5.41) is 1.41. The molecule has 0 amide bonds. The Labute approximate surface area is 193 Å². The molecule has 1 aliphatic carbocycles. The van der Waals surface area contributed by atoms with Crippen LogP contribution < -0.4 is 4.90 Å². The van der Waals surface area contributed by atoms with Gasteiger partial charge in [-0.05, 0) is 56.4 Å². The molecule has 0 N–H and O–H groups in total.